The number of rotatable bonds is 5. The van der Waals surface area contributed by atoms with Crippen LogP contribution in [0.25, 0.3) is 0 Å². The molecule has 2 aromatic carbocycles. The van der Waals surface area contributed by atoms with Gasteiger partial charge in [-0.3, -0.25) is 0 Å². The van der Waals surface area contributed by atoms with Crippen LogP contribution < -0.4 is 4.74 Å². The van der Waals surface area contributed by atoms with Gasteiger partial charge in [0.1, 0.15) is 11.5 Å². The fourth-order valence-corrected chi connectivity index (χ4v) is 1.97. The second-order valence-electron chi connectivity index (χ2n) is 5.13. The van der Waals surface area contributed by atoms with Crippen LogP contribution in [-0.4, -0.2) is 5.11 Å². The van der Waals surface area contributed by atoms with Crippen LogP contribution in [0, 0.1) is 5.92 Å². The summed E-state index contributed by atoms with van der Waals surface area (Å²) in [6, 6.07) is 17.3. The predicted molar refractivity (Wildman–Crippen MR) is 77.4 cm³/mol. The van der Waals surface area contributed by atoms with E-state index >= 15 is 0 Å². The highest BCUT2D eigenvalue weighted by molar-refractivity contribution is 5.33. The lowest BCUT2D eigenvalue weighted by Crippen LogP contribution is -2.01. The first-order valence-electron chi connectivity index (χ1n) is 6.66. The Kier molecular flexibility index (Phi) is 4.58. The van der Waals surface area contributed by atoms with E-state index in [0.717, 1.165) is 23.5 Å². The predicted octanol–water partition coefficient (Wildman–Crippen LogP) is 4.56. The smallest absolute Gasteiger partial charge is 0.127 e. The molecule has 0 spiro atoms. The van der Waals surface area contributed by atoms with E-state index in [1.54, 1.807) is 0 Å². The fourth-order valence-electron chi connectivity index (χ4n) is 1.97. The molecule has 0 aliphatic rings. The third-order valence-electron chi connectivity index (χ3n) is 2.94. The maximum Gasteiger partial charge on any atom is 0.127 e. The second kappa shape index (κ2) is 6.39. The van der Waals surface area contributed by atoms with Gasteiger partial charge in [0.15, 0.2) is 0 Å². The van der Waals surface area contributed by atoms with Gasteiger partial charge in [-0.2, -0.15) is 0 Å². The largest absolute Gasteiger partial charge is 0.457 e. The number of hydrogen-bond donors (Lipinski definition) is 1. The van der Waals surface area contributed by atoms with Crippen LogP contribution in [0.5, 0.6) is 11.5 Å². The van der Waals surface area contributed by atoms with Gasteiger partial charge < -0.3 is 9.84 Å². The van der Waals surface area contributed by atoms with Crippen LogP contribution in [0.15, 0.2) is 54.6 Å². The first-order chi connectivity index (χ1) is 9.15. The van der Waals surface area contributed by atoms with Crippen molar-refractivity contribution in [3.05, 3.63) is 60.2 Å². The molecule has 0 heterocycles. The quantitative estimate of drug-likeness (QED) is 0.849. The first-order valence-corrected chi connectivity index (χ1v) is 6.66. The molecule has 0 amide bonds. The molecule has 0 aliphatic carbocycles. The Balaban J connectivity index is 2.02. The van der Waals surface area contributed by atoms with E-state index in [-0.39, 0.29) is 0 Å². The summed E-state index contributed by atoms with van der Waals surface area (Å²) >= 11 is 0. The van der Waals surface area contributed by atoms with Gasteiger partial charge in [0.05, 0.1) is 6.10 Å². The molecule has 100 valence electrons. The summed E-state index contributed by atoms with van der Waals surface area (Å²) in [6.07, 6.45) is 0.379. The van der Waals surface area contributed by atoms with Crippen LogP contribution in [0.2, 0.25) is 0 Å². The summed E-state index contributed by atoms with van der Waals surface area (Å²) in [5, 5.41) is 10.0. The molecule has 2 nitrogen and oxygen atoms in total. The molecule has 1 N–H and O–H groups in total. The molecule has 1 unspecified atom stereocenters. The highest BCUT2D eigenvalue weighted by atomic mass is 16.5. The lowest BCUT2D eigenvalue weighted by Gasteiger charge is -2.14. The molecular weight excluding hydrogens is 236 g/mol. The van der Waals surface area contributed by atoms with Crippen molar-refractivity contribution in [3.63, 3.8) is 0 Å². The molecule has 0 saturated heterocycles. The second-order valence-corrected chi connectivity index (χ2v) is 5.13. The number of hydrogen-bond acceptors (Lipinski definition) is 2. The maximum atomic E-state index is 10.0. The van der Waals surface area contributed by atoms with Gasteiger partial charge >= 0.3 is 0 Å². The molecule has 2 rings (SSSR count). The third kappa shape index (κ3) is 4.11. The van der Waals surface area contributed by atoms with Gasteiger partial charge in [-0.1, -0.05) is 44.2 Å². The number of aliphatic hydroxyl groups is 1. The maximum absolute atomic E-state index is 10.0. The molecule has 0 radical (unpaired) electrons. The van der Waals surface area contributed by atoms with Crippen molar-refractivity contribution >= 4 is 0 Å². The van der Waals surface area contributed by atoms with Gasteiger partial charge in [0, 0.05) is 0 Å². The number of ether oxygens (including phenoxy) is 1. The molecule has 19 heavy (non-hydrogen) atoms. The van der Waals surface area contributed by atoms with E-state index in [9.17, 15) is 5.11 Å². The van der Waals surface area contributed by atoms with Gasteiger partial charge in [-0.15, -0.1) is 0 Å². The van der Waals surface area contributed by atoms with E-state index in [4.69, 9.17) is 4.74 Å². The average molecular weight is 256 g/mol. The highest BCUT2D eigenvalue weighted by Crippen LogP contribution is 2.25. The van der Waals surface area contributed by atoms with Crippen molar-refractivity contribution in [2.75, 3.05) is 0 Å². The van der Waals surface area contributed by atoms with Crippen molar-refractivity contribution in [2.45, 2.75) is 26.4 Å². The SMILES string of the molecule is CC(C)CC(O)c1ccc(Oc2ccccc2)cc1. The van der Waals surface area contributed by atoms with Crippen molar-refractivity contribution in [1.82, 2.24) is 0 Å². The molecular formula is C17H20O2. The van der Waals surface area contributed by atoms with E-state index < -0.39 is 6.10 Å². The Hall–Kier alpha value is -1.80. The normalized spacial score (nSPS) is 12.4. The van der Waals surface area contributed by atoms with Crippen molar-refractivity contribution < 1.29 is 9.84 Å². The highest BCUT2D eigenvalue weighted by Gasteiger charge is 2.09. The Bertz CT molecular complexity index is 488. The number of aliphatic hydroxyl groups excluding tert-OH is 1. The lowest BCUT2D eigenvalue weighted by molar-refractivity contribution is 0.151. The number of para-hydroxylation sites is 1. The molecule has 0 aliphatic heterocycles. The van der Waals surface area contributed by atoms with Crippen molar-refractivity contribution in [1.29, 1.82) is 0 Å². The van der Waals surface area contributed by atoms with E-state index in [0.29, 0.717) is 5.92 Å². The zero-order valence-corrected chi connectivity index (χ0v) is 11.4. The summed E-state index contributed by atoms with van der Waals surface area (Å²) in [6.45, 7) is 4.21. The Morgan fingerprint density at radius 3 is 2.05 bits per heavy atom. The summed E-state index contributed by atoms with van der Waals surface area (Å²) in [4.78, 5) is 0. The first kappa shape index (κ1) is 13.6. The zero-order valence-electron chi connectivity index (χ0n) is 11.4. The van der Waals surface area contributed by atoms with Crippen LogP contribution >= 0.6 is 0 Å². The number of benzene rings is 2. The van der Waals surface area contributed by atoms with E-state index in [2.05, 4.69) is 13.8 Å². The minimum absolute atomic E-state index is 0.397. The van der Waals surface area contributed by atoms with Gasteiger partial charge in [0.25, 0.3) is 0 Å². The van der Waals surface area contributed by atoms with Crippen molar-refractivity contribution in [2.24, 2.45) is 5.92 Å². The molecule has 0 saturated carbocycles. The monoisotopic (exact) mass is 256 g/mol. The van der Waals surface area contributed by atoms with Crippen LogP contribution in [0.3, 0.4) is 0 Å². The lowest BCUT2D eigenvalue weighted by atomic mass is 10.00. The zero-order chi connectivity index (χ0) is 13.7. The topological polar surface area (TPSA) is 29.5 Å². The van der Waals surface area contributed by atoms with Gasteiger partial charge in [-0.25, -0.2) is 0 Å². The summed E-state index contributed by atoms with van der Waals surface area (Å²) < 4.78 is 5.71. The molecule has 0 fully saturated rings. The molecule has 1 atom stereocenters. The van der Waals surface area contributed by atoms with Crippen LogP contribution in [-0.2, 0) is 0 Å². The average Bonchev–Trinajstić information content (AvgIpc) is 2.40. The Morgan fingerprint density at radius 1 is 0.895 bits per heavy atom. The van der Waals surface area contributed by atoms with E-state index in [1.807, 2.05) is 54.6 Å². The molecule has 2 aromatic rings. The molecule has 0 bridgehead atoms. The van der Waals surface area contributed by atoms with Crippen molar-refractivity contribution in [3.8, 4) is 11.5 Å². The third-order valence-corrected chi connectivity index (χ3v) is 2.94. The van der Waals surface area contributed by atoms with Gasteiger partial charge in [0.2, 0.25) is 0 Å². The minimum Gasteiger partial charge on any atom is -0.457 e. The summed E-state index contributed by atoms with van der Waals surface area (Å²) in [5.41, 5.74) is 0.939. The molecule has 0 aromatic heterocycles. The fraction of sp³-hybridized carbons (Fsp3) is 0.294. The Morgan fingerprint density at radius 2 is 1.47 bits per heavy atom. The summed E-state index contributed by atoms with van der Waals surface area (Å²) in [7, 11) is 0. The minimum atomic E-state index is -0.397. The van der Waals surface area contributed by atoms with Gasteiger partial charge in [-0.05, 0) is 42.2 Å². The van der Waals surface area contributed by atoms with Crippen LogP contribution in [0.1, 0.15) is 31.9 Å². The standard InChI is InChI=1S/C17H20O2/c1-13(2)12-17(18)14-8-10-16(11-9-14)19-15-6-4-3-5-7-15/h3-11,13,17-18H,12H2,1-2H3. The molecule has 2 heteroatoms. The summed E-state index contributed by atoms with van der Waals surface area (Å²) in [5.74, 6) is 2.08. The van der Waals surface area contributed by atoms with E-state index in [1.165, 1.54) is 0 Å². The van der Waals surface area contributed by atoms with Crippen LogP contribution in [0.4, 0.5) is 0 Å². The Labute approximate surface area is 114 Å².